The number of aliphatic hydroxyl groups is 3. The van der Waals surface area contributed by atoms with Crippen molar-refractivity contribution < 1.29 is 58.1 Å². The molecule has 0 spiro atoms. The molecule has 4 rings (SSSR count). The lowest BCUT2D eigenvalue weighted by molar-refractivity contribution is -0.00108. The van der Waals surface area contributed by atoms with Gasteiger partial charge in [-0.1, -0.05) is 48.5 Å². The molecule has 16 heteroatoms. The molecule has 0 saturated heterocycles. The molecule has 0 fully saturated rings. The molecule has 0 heterocycles. The van der Waals surface area contributed by atoms with Crippen molar-refractivity contribution in [2.24, 2.45) is 0 Å². The fraction of sp³-hybridized carbons (Fsp3) is 0.438. The van der Waals surface area contributed by atoms with E-state index in [0.29, 0.717) is 42.0 Å². The summed E-state index contributed by atoms with van der Waals surface area (Å²) in [5.41, 5.74) is 13.4. The molecule has 0 saturated carbocycles. The number of hydrogen-bond acceptors (Lipinski definition) is 13. The van der Waals surface area contributed by atoms with Gasteiger partial charge in [0.25, 0.3) is 0 Å². The summed E-state index contributed by atoms with van der Waals surface area (Å²) in [5, 5.41) is 37.0. The van der Waals surface area contributed by atoms with Crippen LogP contribution in [0.4, 0.5) is 37.1 Å². The first kappa shape index (κ1) is 50.9. The van der Waals surface area contributed by atoms with E-state index in [-0.39, 0.29) is 39.6 Å². The van der Waals surface area contributed by atoms with Crippen molar-refractivity contribution in [2.75, 3.05) is 61.3 Å². The summed E-state index contributed by atoms with van der Waals surface area (Å²) in [5.74, 6) is 0. The van der Waals surface area contributed by atoms with Crippen molar-refractivity contribution in [2.45, 2.75) is 97.4 Å². The van der Waals surface area contributed by atoms with Crippen LogP contribution in [0.5, 0.6) is 0 Å². The zero-order valence-electron chi connectivity index (χ0n) is 37.5. The minimum absolute atomic E-state index is 0.0923. The Morgan fingerprint density at radius 1 is 0.469 bits per heavy atom. The molecule has 4 aromatic carbocycles. The smallest absolute Gasteiger partial charge is 0.411 e. The van der Waals surface area contributed by atoms with Crippen LogP contribution in [-0.4, -0.2) is 110 Å². The molecule has 0 aliphatic heterocycles. The highest BCUT2D eigenvalue weighted by Crippen LogP contribution is 2.28. The third kappa shape index (κ3) is 19.3. The quantitative estimate of drug-likeness (QED) is 0.0277. The van der Waals surface area contributed by atoms with Gasteiger partial charge < -0.3 is 49.5 Å². The topological polar surface area (TPSA) is 229 Å². The average molecular weight is 889 g/mol. The van der Waals surface area contributed by atoms with Crippen LogP contribution in [0.3, 0.4) is 0 Å². The van der Waals surface area contributed by atoms with Crippen molar-refractivity contribution in [1.29, 1.82) is 0 Å². The lowest BCUT2D eigenvalue weighted by atomic mass is 9.96. The number of nitrogens with two attached hydrogens (primary N) is 1. The second kappa shape index (κ2) is 26.1. The van der Waals surface area contributed by atoms with Gasteiger partial charge in [-0.15, -0.1) is 0 Å². The SMILES string of the molecule is CC(O)COCC(C)OC(=O)Nc1ccc(Cc2ccc(Cc3ccc(Cc4ccc(N)cc4)cc3NC(=O)OC(C)COCC(C)O)cc2NC(=O)OC(C)COCC(C)O)cc1. The normalized spacial score (nSPS) is 14.0. The number of nitrogens with one attached hydrogen (secondary N) is 3. The maximum atomic E-state index is 13.3. The molecule has 0 aromatic heterocycles. The van der Waals surface area contributed by atoms with Crippen LogP contribution >= 0.6 is 0 Å². The predicted octanol–water partition coefficient (Wildman–Crippen LogP) is 7.04. The van der Waals surface area contributed by atoms with E-state index in [4.69, 9.17) is 34.2 Å². The van der Waals surface area contributed by atoms with E-state index < -0.39 is 54.9 Å². The van der Waals surface area contributed by atoms with E-state index in [1.807, 2.05) is 72.8 Å². The number of anilines is 4. The highest BCUT2D eigenvalue weighted by molar-refractivity contribution is 5.87. The van der Waals surface area contributed by atoms with Crippen LogP contribution in [0.1, 0.15) is 74.9 Å². The summed E-state index contributed by atoms with van der Waals surface area (Å²) >= 11 is 0. The van der Waals surface area contributed by atoms with E-state index in [1.54, 1.807) is 53.7 Å². The number of benzene rings is 4. The zero-order chi connectivity index (χ0) is 46.6. The second-order valence-corrected chi connectivity index (χ2v) is 16.1. The van der Waals surface area contributed by atoms with E-state index >= 15 is 0 Å². The van der Waals surface area contributed by atoms with Gasteiger partial charge in [-0.25, -0.2) is 14.4 Å². The van der Waals surface area contributed by atoms with Gasteiger partial charge in [-0.3, -0.25) is 16.0 Å². The Bertz CT molecular complexity index is 2060. The van der Waals surface area contributed by atoms with Crippen molar-refractivity contribution in [3.8, 4) is 0 Å². The molecule has 0 aliphatic carbocycles. The number of nitrogen functional groups attached to an aromatic ring is 1. The largest absolute Gasteiger partial charge is 0.444 e. The number of carbonyl (C=O) groups is 3. The fourth-order valence-electron chi connectivity index (χ4n) is 6.32. The summed E-state index contributed by atoms with van der Waals surface area (Å²) < 4.78 is 32.7. The molecule has 16 nitrogen and oxygen atoms in total. The van der Waals surface area contributed by atoms with Crippen molar-refractivity contribution >= 4 is 41.0 Å². The first-order chi connectivity index (χ1) is 30.5. The monoisotopic (exact) mass is 888 g/mol. The Morgan fingerprint density at radius 3 is 1.23 bits per heavy atom. The van der Waals surface area contributed by atoms with Crippen molar-refractivity contribution in [3.05, 3.63) is 118 Å². The van der Waals surface area contributed by atoms with Gasteiger partial charge in [-0.2, -0.15) is 0 Å². The minimum Gasteiger partial charge on any atom is -0.444 e. The summed E-state index contributed by atoms with van der Waals surface area (Å²) in [6.07, 6.45) is -4.31. The van der Waals surface area contributed by atoms with Gasteiger partial charge >= 0.3 is 18.3 Å². The Morgan fingerprint density at radius 2 is 0.812 bits per heavy atom. The molecular formula is C48H64N4O12. The summed E-state index contributed by atoms with van der Waals surface area (Å²) in [7, 11) is 0. The molecule has 6 unspecified atom stereocenters. The van der Waals surface area contributed by atoms with Crippen molar-refractivity contribution in [1.82, 2.24) is 0 Å². The summed E-state index contributed by atoms with van der Waals surface area (Å²) in [6.45, 7) is 10.6. The van der Waals surface area contributed by atoms with E-state index in [2.05, 4.69) is 16.0 Å². The first-order valence-electron chi connectivity index (χ1n) is 21.4. The molecular weight excluding hydrogens is 825 g/mol. The van der Waals surface area contributed by atoms with E-state index in [1.165, 1.54) is 0 Å². The Balaban J connectivity index is 1.56. The third-order valence-corrected chi connectivity index (χ3v) is 9.26. The second-order valence-electron chi connectivity index (χ2n) is 16.1. The van der Waals surface area contributed by atoms with Crippen LogP contribution in [0.15, 0.2) is 84.9 Å². The maximum absolute atomic E-state index is 13.3. The van der Waals surface area contributed by atoms with Crippen LogP contribution in [0.25, 0.3) is 0 Å². The summed E-state index contributed by atoms with van der Waals surface area (Å²) in [6, 6.07) is 26.3. The highest BCUT2D eigenvalue weighted by Gasteiger charge is 2.18. The van der Waals surface area contributed by atoms with Crippen LogP contribution < -0.4 is 21.7 Å². The molecule has 0 aliphatic rings. The standard InChI is InChI=1S/C48H64N4O12/c1-30(53)24-59-27-33(4)62-46(56)50-43-17-11-37(12-18-43)20-40-14-8-39(23-45(40)52-48(58)64-35(6)29-61-26-32(3)55)21-41-13-7-38(19-36-9-15-42(49)16-10-36)22-44(41)51-47(57)63-34(5)28-60-25-31(2)54/h7-18,22-23,30-35,53-55H,19-21,24-29,49H2,1-6H3,(H,50,56)(H,51,57)(H,52,58). The van der Waals surface area contributed by atoms with Crippen molar-refractivity contribution in [3.63, 3.8) is 0 Å². The molecule has 0 radical (unpaired) electrons. The van der Waals surface area contributed by atoms with E-state index in [9.17, 15) is 29.7 Å². The minimum atomic E-state index is -0.696. The third-order valence-electron chi connectivity index (χ3n) is 9.26. The molecule has 6 atom stereocenters. The molecule has 64 heavy (non-hydrogen) atoms. The lowest BCUT2D eigenvalue weighted by Crippen LogP contribution is -2.26. The molecule has 8 N–H and O–H groups in total. The Kier molecular flexibility index (Phi) is 20.8. The lowest BCUT2D eigenvalue weighted by Gasteiger charge is -2.19. The van der Waals surface area contributed by atoms with Gasteiger partial charge in [0.05, 0.1) is 58.0 Å². The Hall–Kier alpha value is -5.75. The number of amides is 3. The molecule has 0 bridgehead atoms. The molecule has 3 amide bonds. The predicted molar refractivity (Wildman–Crippen MR) is 245 cm³/mol. The molecule has 348 valence electrons. The number of carbonyl (C=O) groups excluding carboxylic acids is 3. The van der Waals surface area contributed by atoms with Crippen LogP contribution in [0, 0.1) is 0 Å². The maximum Gasteiger partial charge on any atom is 0.411 e. The fourth-order valence-corrected chi connectivity index (χ4v) is 6.32. The first-order valence-corrected chi connectivity index (χ1v) is 21.4. The zero-order valence-corrected chi connectivity index (χ0v) is 37.5. The Labute approximate surface area is 375 Å². The van der Waals surface area contributed by atoms with Gasteiger partial charge in [0.2, 0.25) is 0 Å². The van der Waals surface area contributed by atoms with Gasteiger partial charge in [-0.05, 0) is 131 Å². The number of hydrogen-bond donors (Lipinski definition) is 7. The van der Waals surface area contributed by atoms with Crippen LogP contribution in [-0.2, 0) is 47.7 Å². The summed E-state index contributed by atoms with van der Waals surface area (Å²) in [4.78, 5) is 39.0. The number of rotatable bonds is 24. The number of aliphatic hydroxyl groups excluding tert-OH is 3. The van der Waals surface area contributed by atoms with E-state index in [0.717, 1.165) is 33.4 Å². The van der Waals surface area contributed by atoms with Gasteiger partial charge in [0, 0.05) is 22.7 Å². The van der Waals surface area contributed by atoms with Gasteiger partial charge in [0.15, 0.2) is 0 Å². The molecule has 4 aromatic rings. The highest BCUT2D eigenvalue weighted by atomic mass is 16.6. The average Bonchev–Trinajstić information content (AvgIpc) is 3.20. The number of ether oxygens (including phenoxy) is 6. The van der Waals surface area contributed by atoms with Crippen LogP contribution in [0.2, 0.25) is 0 Å². The van der Waals surface area contributed by atoms with Gasteiger partial charge in [0.1, 0.15) is 18.3 Å².